The SMILES string of the molecule is CC(C)(C)N1CCC(=O)N(c2ccc(F)cc2)C1=O. The molecule has 19 heavy (non-hydrogen) atoms. The van der Waals surface area contributed by atoms with Crippen molar-refractivity contribution in [2.75, 3.05) is 11.4 Å². The van der Waals surface area contributed by atoms with Crippen LogP contribution in [0.2, 0.25) is 0 Å². The lowest BCUT2D eigenvalue weighted by atomic mass is 10.0. The van der Waals surface area contributed by atoms with Crippen molar-refractivity contribution in [3.63, 3.8) is 0 Å². The van der Waals surface area contributed by atoms with Crippen LogP contribution in [0.25, 0.3) is 0 Å². The van der Waals surface area contributed by atoms with Gasteiger partial charge in [-0.1, -0.05) is 0 Å². The standard InChI is InChI=1S/C14H17FN2O2/c1-14(2,3)16-9-8-12(18)17(13(16)19)11-6-4-10(15)5-7-11/h4-7H,8-9H2,1-3H3. The van der Waals surface area contributed by atoms with Crippen molar-refractivity contribution >= 4 is 17.6 Å². The number of benzene rings is 1. The molecule has 3 amide bonds. The molecule has 0 saturated carbocycles. The minimum atomic E-state index is -0.395. The minimum Gasteiger partial charge on any atom is -0.319 e. The molecule has 0 aromatic heterocycles. The summed E-state index contributed by atoms with van der Waals surface area (Å²) in [5.74, 6) is -0.648. The normalized spacial score (nSPS) is 17.1. The van der Waals surface area contributed by atoms with Gasteiger partial charge in [0.05, 0.1) is 5.69 Å². The van der Waals surface area contributed by atoms with Crippen LogP contribution in [0.15, 0.2) is 24.3 Å². The van der Waals surface area contributed by atoms with Crippen molar-refractivity contribution in [3.8, 4) is 0 Å². The molecule has 1 saturated heterocycles. The zero-order chi connectivity index (χ0) is 14.2. The number of carbonyl (C=O) groups is 2. The number of carbonyl (C=O) groups excluding carboxylic acids is 2. The van der Waals surface area contributed by atoms with Crippen LogP contribution in [0.3, 0.4) is 0 Å². The second-order valence-electron chi connectivity index (χ2n) is 5.56. The van der Waals surface area contributed by atoms with E-state index in [0.717, 1.165) is 4.90 Å². The lowest BCUT2D eigenvalue weighted by Gasteiger charge is -2.41. The second-order valence-corrected chi connectivity index (χ2v) is 5.56. The van der Waals surface area contributed by atoms with Gasteiger partial charge in [-0.05, 0) is 45.0 Å². The fourth-order valence-corrected chi connectivity index (χ4v) is 2.11. The van der Waals surface area contributed by atoms with Crippen molar-refractivity contribution in [3.05, 3.63) is 30.1 Å². The zero-order valence-corrected chi connectivity index (χ0v) is 11.3. The van der Waals surface area contributed by atoms with E-state index in [9.17, 15) is 14.0 Å². The molecule has 0 bridgehead atoms. The Labute approximate surface area is 111 Å². The first kappa shape index (κ1) is 13.5. The Morgan fingerprint density at radius 3 is 2.21 bits per heavy atom. The summed E-state index contributed by atoms with van der Waals surface area (Å²) in [7, 11) is 0. The lowest BCUT2D eigenvalue weighted by molar-refractivity contribution is -0.119. The Balaban J connectivity index is 2.34. The van der Waals surface area contributed by atoms with Gasteiger partial charge in [-0.2, -0.15) is 0 Å². The third-order valence-electron chi connectivity index (χ3n) is 3.12. The summed E-state index contributed by atoms with van der Waals surface area (Å²) >= 11 is 0. The Morgan fingerprint density at radius 1 is 1.11 bits per heavy atom. The molecule has 0 unspecified atom stereocenters. The summed E-state index contributed by atoms with van der Waals surface area (Å²) in [4.78, 5) is 27.1. The molecule has 1 aliphatic heterocycles. The maximum absolute atomic E-state index is 12.9. The molecule has 5 heteroatoms. The van der Waals surface area contributed by atoms with Crippen molar-refractivity contribution in [2.24, 2.45) is 0 Å². The first-order valence-electron chi connectivity index (χ1n) is 6.21. The molecule has 0 spiro atoms. The Bertz CT molecular complexity index is 505. The van der Waals surface area contributed by atoms with E-state index in [2.05, 4.69) is 0 Å². The monoisotopic (exact) mass is 264 g/mol. The highest BCUT2D eigenvalue weighted by Gasteiger charge is 2.38. The zero-order valence-electron chi connectivity index (χ0n) is 11.3. The largest absolute Gasteiger partial charge is 0.331 e. The molecular formula is C14H17FN2O2. The summed E-state index contributed by atoms with van der Waals surface area (Å²) < 4.78 is 12.9. The molecule has 102 valence electrons. The number of hydrogen-bond donors (Lipinski definition) is 0. The van der Waals surface area contributed by atoms with E-state index >= 15 is 0 Å². The molecule has 0 atom stereocenters. The van der Waals surface area contributed by atoms with Crippen molar-refractivity contribution in [2.45, 2.75) is 32.7 Å². The number of urea groups is 1. The summed E-state index contributed by atoms with van der Waals surface area (Å²) in [6.07, 6.45) is 0.278. The molecule has 1 fully saturated rings. The first-order valence-corrected chi connectivity index (χ1v) is 6.21. The predicted molar refractivity (Wildman–Crippen MR) is 70.4 cm³/mol. The van der Waals surface area contributed by atoms with E-state index in [1.807, 2.05) is 20.8 Å². The van der Waals surface area contributed by atoms with Gasteiger partial charge >= 0.3 is 6.03 Å². The van der Waals surface area contributed by atoms with Gasteiger partial charge in [0, 0.05) is 18.5 Å². The average molecular weight is 264 g/mol. The van der Waals surface area contributed by atoms with Gasteiger partial charge in [0.25, 0.3) is 0 Å². The summed E-state index contributed by atoms with van der Waals surface area (Å²) in [5.41, 5.74) is 0.0566. The van der Waals surface area contributed by atoms with E-state index in [1.54, 1.807) is 4.90 Å². The topological polar surface area (TPSA) is 40.6 Å². The van der Waals surface area contributed by atoms with Crippen LogP contribution in [0, 0.1) is 5.82 Å². The number of nitrogens with zero attached hydrogens (tertiary/aromatic N) is 2. The van der Waals surface area contributed by atoms with Crippen LogP contribution in [0.4, 0.5) is 14.9 Å². The van der Waals surface area contributed by atoms with E-state index in [0.29, 0.717) is 12.2 Å². The van der Waals surface area contributed by atoms with Crippen molar-refractivity contribution in [1.29, 1.82) is 0 Å². The van der Waals surface area contributed by atoms with E-state index in [-0.39, 0.29) is 23.9 Å². The molecule has 1 aromatic rings. The fraction of sp³-hybridized carbons (Fsp3) is 0.429. The van der Waals surface area contributed by atoms with Gasteiger partial charge in [0.1, 0.15) is 5.82 Å². The molecule has 1 aliphatic rings. The number of hydrogen-bond acceptors (Lipinski definition) is 2. The summed E-state index contributed by atoms with van der Waals surface area (Å²) in [6.45, 7) is 6.18. The predicted octanol–water partition coefficient (Wildman–Crippen LogP) is 2.78. The van der Waals surface area contributed by atoms with E-state index in [4.69, 9.17) is 0 Å². The highest BCUT2D eigenvalue weighted by atomic mass is 19.1. The molecule has 1 heterocycles. The number of anilines is 1. The fourth-order valence-electron chi connectivity index (χ4n) is 2.11. The molecular weight excluding hydrogens is 247 g/mol. The molecule has 1 aromatic carbocycles. The Kier molecular flexibility index (Phi) is 3.30. The smallest absolute Gasteiger partial charge is 0.319 e. The van der Waals surface area contributed by atoms with Crippen LogP contribution in [0.1, 0.15) is 27.2 Å². The van der Waals surface area contributed by atoms with Gasteiger partial charge in [0.2, 0.25) is 5.91 Å². The molecule has 0 aliphatic carbocycles. The summed E-state index contributed by atoms with van der Waals surface area (Å²) in [6, 6.07) is 5.02. The van der Waals surface area contributed by atoms with Crippen molar-refractivity contribution in [1.82, 2.24) is 4.90 Å². The van der Waals surface area contributed by atoms with Crippen LogP contribution in [-0.2, 0) is 4.79 Å². The van der Waals surface area contributed by atoms with Crippen LogP contribution >= 0.6 is 0 Å². The average Bonchev–Trinajstić information content (AvgIpc) is 2.29. The first-order chi connectivity index (χ1) is 8.80. The third kappa shape index (κ3) is 2.59. The summed E-state index contributed by atoms with van der Waals surface area (Å²) in [5, 5.41) is 0. The molecule has 0 N–H and O–H groups in total. The number of rotatable bonds is 1. The van der Waals surface area contributed by atoms with Crippen LogP contribution in [-0.4, -0.2) is 28.9 Å². The highest BCUT2D eigenvalue weighted by molar-refractivity contribution is 6.15. The van der Waals surface area contributed by atoms with Gasteiger partial charge in [0.15, 0.2) is 0 Å². The second kappa shape index (κ2) is 4.64. The van der Waals surface area contributed by atoms with E-state index in [1.165, 1.54) is 24.3 Å². The number of amides is 3. The van der Waals surface area contributed by atoms with Crippen LogP contribution < -0.4 is 4.90 Å². The van der Waals surface area contributed by atoms with Gasteiger partial charge in [-0.3, -0.25) is 4.79 Å². The molecule has 2 rings (SSSR count). The van der Waals surface area contributed by atoms with Crippen molar-refractivity contribution < 1.29 is 14.0 Å². The minimum absolute atomic E-state index is 0.253. The van der Waals surface area contributed by atoms with E-state index < -0.39 is 5.82 Å². The Morgan fingerprint density at radius 2 is 1.68 bits per heavy atom. The van der Waals surface area contributed by atoms with Gasteiger partial charge < -0.3 is 4.90 Å². The lowest BCUT2D eigenvalue weighted by Crippen LogP contribution is -2.58. The van der Waals surface area contributed by atoms with Gasteiger partial charge in [-0.15, -0.1) is 0 Å². The highest BCUT2D eigenvalue weighted by Crippen LogP contribution is 2.25. The Hall–Kier alpha value is -1.91. The molecule has 0 radical (unpaired) electrons. The number of halogens is 1. The third-order valence-corrected chi connectivity index (χ3v) is 3.12. The van der Waals surface area contributed by atoms with Gasteiger partial charge in [-0.25, -0.2) is 14.1 Å². The number of imide groups is 1. The molecule has 4 nitrogen and oxygen atoms in total. The van der Waals surface area contributed by atoms with Crippen LogP contribution in [0.5, 0.6) is 0 Å². The maximum Gasteiger partial charge on any atom is 0.331 e. The maximum atomic E-state index is 12.9. The quantitative estimate of drug-likeness (QED) is 0.782.